The van der Waals surface area contributed by atoms with Gasteiger partial charge in [-0.05, 0) is 37.0 Å². The molecule has 0 unspecified atom stereocenters. The normalized spacial score (nSPS) is 21.9. The van der Waals surface area contributed by atoms with Gasteiger partial charge in [-0.25, -0.2) is 0 Å². The Kier molecular flexibility index (Phi) is 4.23. The maximum atomic E-state index is 10.7. The van der Waals surface area contributed by atoms with Crippen LogP contribution in [0, 0.1) is 0 Å². The van der Waals surface area contributed by atoms with Crippen molar-refractivity contribution in [3.8, 4) is 0 Å². The second-order valence-electron chi connectivity index (χ2n) is 3.32. The van der Waals surface area contributed by atoms with E-state index in [0.717, 1.165) is 19.3 Å². The Balaban J connectivity index is 2.54. The molecular weight excluding hydrogens is 180 g/mol. The molecule has 0 radical (unpaired) electrons. The predicted octanol–water partition coefficient (Wildman–Crippen LogP) is 2.19. The number of esters is 1. The quantitative estimate of drug-likeness (QED) is 0.512. The molecule has 0 bridgehead atoms. The zero-order valence-electron chi connectivity index (χ0n) is 8.66. The second kappa shape index (κ2) is 5.47. The zero-order chi connectivity index (χ0) is 10.4. The minimum Gasteiger partial charge on any atom is -0.504 e. The third-order valence-electron chi connectivity index (χ3n) is 2.09. The van der Waals surface area contributed by atoms with E-state index in [2.05, 4.69) is 0 Å². The first kappa shape index (κ1) is 10.8. The van der Waals surface area contributed by atoms with Gasteiger partial charge < -0.3 is 9.47 Å². The summed E-state index contributed by atoms with van der Waals surface area (Å²) in [4.78, 5) is 10.7. The first-order valence-electron chi connectivity index (χ1n) is 4.79. The maximum Gasteiger partial charge on any atom is 0.303 e. The third-order valence-corrected chi connectivity index (χ3v) is 2.09. The van der Waals surface area contributed by atoms with Gasteiger partial charge in [-0.2, -0.15) is 0 Å². The average molecular weight is 196 g/mol. The smallest absolute Gasteiger partial charge is 0.303 e. The van der Waals surface area contributed by atoms with E-state index in [1.54, 1.807) is 13.4 Å². The van der Waals surface area contributed by atoms with Gasteiger partial charge in [0.15, 0.2) is 0 Å². The minimum absolute atomic E-state index is 0.0576. The molecule has 0 heterocycles. The fourth-order valence-corrected chi connectivity index (χ4v) is 1.51. The van der Waals surface area contributed by atoms with Crippen LogP contribution in [0.15, 0.2) is 24.0 Å². The molecule has 1 rings (SSSR count). The lowest BCUT2D eigenvalue weighted by molar-refractivity contribution is -0.144. The van der Waals surface area contributed by atoms with Crippen LogP contribution in [0.25, 0.3) is 0 Å². The summed E-state index contributed by atoms with van der Waals surface area (Å²) in [5, 5.41) is 0. The van der Waals surface area contributed by atoms with E-state index < -0.39 is 0 Å². The lowest BCUT2D eigenvalue weighted by atomic mass is 9.97. The van der Waals surface area contributed by atoms with Gasteiger partial charge in [0.1, 0.15) is 6.10 Å². The molecule has 3 heteroatoms. The summed E-state index contributed by atoms with van der Waals surface area (Å²) >= 11 is 0. The monoisotopic (exact) mass is 196 g/mol. The largest absolute Gasteiger partial charge is 0.504 e. The van der Waals surface area contributed by atoms with Gasteiger partial charge in [0.2, 0.25) is 0 Å². The molecule has 78 valence electrons. The first-order chi connectivity index (χ1) is 6.72. The number of hydrogen-bond acceptors (Lipinski definition) is 3. The van der Waals surface area contributed by atoms with Crippen molar-refractivity contribution in [1.29, 1.82) is 0 Å². The topological polar surface area (TPSA) is 35.5 Å². The van der Waals surface area contributed by atoms with Crippen LogP contribution < -0.4 is 0 Å². The Morgan fingerprint density at radius 2 is 2.43 bits per heavy atom. The fraction of sp³-hybridized carbons (Fsp3) is 0.545. The second-order valence-corrected chi connectivity index (χ2v) is 3.32. The predicted molar refractivity (Wildman–Crippen MR) is 53.6 cm³/mol. The van der Waals surface area contributed by atoms with Crippen molar-refractivity contribution in [2.45, 2.75) is 32.3 Å². The Morgan fingerprint density at radius 1 is 1.64 bits per heavy atom. The molecule has 0 spiro atoms. The molecule has 0 saturated heterocycles. The molecule has 0 aromatic rings. The molecular formula is C11H16O3. The summed E-state index contributed by atoms with van der Waals surface area (Å²) in [6.45, 7) is 1.44. The van der Waals surface area contributed by atoms with E-state index in [9.17, 15) is 4.79 Å². The Bertz CT molecular complexity index is 253. The van der Waals surface area contributed by atoms with Gasteiger partial charge in [0.25, 0.3) is 0 Å². The van der Waals surface area contributed by atoms with Gasteiger partial charge in [-0.3, -0.25) is 4.79 Å². The fourth-order valence-electron chi connectivity index (χ4n) is 1.51. The van der Waals surface area contributed by atoms with Crippen LogP contribution in [0.5, 0.6) is 0 Å². The van der Waals surface area contributed by atoms with Gasteiger partial charge in [-0.15, -0.1) is 0 Å². The summed E-state index contributed by atoms with van der Waals surface area (Å²) < 4.78 is 9.94. The summed E-state index contributed by atoms with van der Waals surface area (Å²) in [7, 11) is 1.61. The number of carbonyl (C=O) groups is 1. The number of allylic oxidation sites excluding steroid dienone is 2. The Hall–Kier alpha value is -1.25. The minimum atomic E-state index is -0.219. The van der Waals surface area contributed by atoms with E-state index >= 15 is 0 Å². The molecule has 14 heavy (non-hydrogen) atoms. The molecule has 0 aromatic heterocycles. The SMILES string of the molecule is CO/C=C/C1=C[C@H](OC(C)=O)CCC1. The molecule has 0 aromatic carbocycles. The molecule has 1 aliphatic carbocycles. The van der Waals surface area contributed by atoms with Crippen LogP contribution in [0.1, 0.15) is 26.2 Å². The number of rotatable bonds is 3. The van der Waals surface area contributed by atoms with Crippen LogP contribution in [0.2, 0.25) is 0 Å². The summed E-state index contributed by atoms with van der Waals surface area (Å²) in [6.07, 6.45) is 8.48. The summed E-state index contributed by atoms with van der Waals surface area (Å²) in [5.41, 5.74) is 1.17. The van der Waals surface area contributed by atoms with Crippen molar-refractivity contribution in [2.75, 3.05) is 7.11 Å². The van der Waals surface area contributed by atoms with E-state index in [-0.39, 0.29) is 12.1 Å². The van der Waals surface area contributed by atoms with Gasteiger partial charge in [0, 0.05) is 6.92 Å². The van der Waals surface area contributed by atoms with Gasteiger partial charge >= 0.3 is 5.97 Å². The van der Waals surface area contributed by atoms with E-state index in [0.29, 0.717) is 0 Å². The van der Waals surface area contributed by atoms with Crippen molar-refractivity contribution in [2.24, 2.45) is 0 Å². The van der Waals surface area contributed by atoms with Crippen molar-refractivity contribution >= 4 is 5.97 Å². The van der Waals surface area contributed by atoms with Crippen LogP contribution in [0.3, 0.4) is 0 Å². The van der Waals surface area contributed by atoms with Crippen molar-refractivity contribution in [3.05, 3.63) is 24.0 Å². The first-order valence-corrected chi connectivity index (χ1v) is 4.79. The molecule has 1 atom stereocenters. The summed E-state index contributed by atoms with van der Waals surface area (Å²) in [5.74, 6) is -0.219. The van der Waals surface area contributed by atoms with Crippen molar-refractivity contribution in [3.63, 3.8) is 0 Å². The van der Waals surface area contributed by atoms with Crippen LogP contribution in [-0.4, -0.2) is 19.2 Å². The Labute approximate surface area is 84.4 Å². The number of carbonyl (C=O) groups excluding carboxylic acids is 1. The molecule has 0 N–H and O–H groups in total. The van der Waals surface area contributed by atoms with Gasteiger partial charge in [0.05, 0.1) is 13.4 Å². The highest BCUT2D eigenvalue weighted by atomic mass is 16.5. The van der Waals surface area contributed by atoms with E-state index in [4.69, 9.17) is 9.47 Å². The van der Waals surface area contributed by atoms with Crippen LogP contribution >= 0.6 is 0 Å². The van der Waals surface area contributed by atoms with Crippen LogP contribution in [0.4, 0.5) is 0 Å². The molecule has 1 aliphatic rings. The van der Waals surface area contributed by atoms with Crippen molar-refractivity contribution in [1.82, 2.24) is 0 Å². The molecule has 0 saturated carbocycles. The average Bonchev–Trinajstić information content (AvgIpc) is 2.14. The standard InChI is InChI=1S/C11H16O3/c1-9(12)14-11-5-3-4-10(8-11)6-7-13-2/h6-8,11H,3-5H2,1-2H3/b7-6+/t11-/m1/s1. The van der Waals surface area contributed by atoms with Crippen molar-refractivity contribution < 1.29 is 14.3 Å². The number of hydrogen-bond donors (Lipinski definition) is 0. The molecule has 3 nitrogen and oxygen atoms in total. The lowest BCUT2D eigenvalue weighted by Gasteiger charge is -2.19. The highest BCUT2D eigenvalue weighted by Gasteiger charge is 2.14. The number of ether oxygens (including phenoxy) is 2. The zero-order valence-corrected chi connectivity index (χ0v) is 8.66. The molecule has 0 amide bonds. The summed E-state index contributed by atoms with van der Waals surface area (Å²) in [6, 6.07) is 0. The Morgan fingerprint density at radius 3 is 3.07 bits per heavy atom. The highest BCUT2D eigenvalue weighted by molar-refractivity contribution is 5.66. The van der Waals surface area contributed by atoms with E-state index in [1.165, 1.54) is 12.5 Å². The highest BCUT2D eigenvalue weighted by Crippen LogP contribution is 2.21. The molecule has 0 fully saturated rings. The lowest BCUT2D eigenvalue weighted by Crippen LogP contribution is -2.16. The third kappa shape index (κ3) is 3.64. The maximum absolute atomic E-state index is 10.7. The molecule has 0 aliphatic heterocycles. The van der Waals surface area contributed by atoms with Gasteiger partial charge in [-0.1, -0.05) is 0 Å². The van der Waals surface area contributed by atoms with E-state index in [1.807, 2.05) is 12.2 Å². The number of methoxy groups -OCH3 is 1. The van der Waals surface area contributed by atoms with Crippen LogP contribution in [-0.2, 0) is 14.3 Å².